The number of halogens is 2. The summed E-state index contributed by atoms with van der Waals surface area (Å²) in [6.45, 7) is 2.75. The van der Waals surface area contributed by atoms with Crippen molar-refractivity contribution in [2.75, 3.05) is 44.7 Å². The average Bonchev–Trinajstić information content (AvgIpc) is 3.35. The number of anilines is 1. The van der Waals surface area contributed by atoms with Gasteiger partial charge in [0.05, 0.1) is 31.1 Å². The number of hydrogen-bond donors (Lipinski definition) is 0. The van der Waals surface area contributed by atoms with Crippen molar-refractivity contribution in [3.8, 4) is 5.75 Å². The molecule has 1 saturated heterocycles. The van der Waals surface area contributed by atoms with Gasteiger partial charge in [0, 0.05) is 38.2 Å². The van der Waals surface area contributed by atoms with E-state index in [-0.39, 0.29) is 30.1 Å². The van der Waals surface area contributed by atoms with Crippen molar-refractivity contribution in [2.24, 2.45) is 5.10 Å². The van der Waals surface area contributed by atoms with E-state index < -0.39 is 0 Å². The van der Waals surface area contributed by atoms with Crippen LogP contribution in [-0.2, 0) is 4.79 Å². The molecule has 0 N–H and O–H groups in total. The third-order valence-electron chi connectivity index (χ3n) is 6.75. The molecule has 0 bridgehead atoms. The molecule has 1 atom stereocenters. The number of hydrazone groups is 1. The summed E-state index contributed by atoms with van der Waals surface area (Å²) in [4.78, 5) is 17.6. The quantitative estimate of drug-likeness (QED) is 0.512. The summed E-state index contributed by atoms with van der Waals surface area (Å²) >= 11 is 0. The molecule has 0 radical (unpaired) electrons. The first-order valence-corrected chi connectivity index (χ1v) is 12.0. The minimum atomic E-state index is -0.339. The highest BCUT2D eigenvalue weighted by Gasteiger charge is 2.34. The number of ether oxygens (including phenoxy) is 1. The van der Waals surface area contributed by atoms with Gasteiger partial charge in [-0.3, -0.25) is 9.69 Å². The van der Waals surface area contributed by atoms with Crippen molar-refractivity contribution >= 4 is 17.3 Å². The molecule has 186 valence electrons. The summed E-state index contributed by atoms with van der Waals surface area (Å²) in [5.41, 5.74) is 2.87. The van der Waals surface area contributed by atoms with Gasteiger partial charge in [0.2, 0.25) is 0 Å². The number of methoxy groups -OCH3 is 1. The Labute approximate surface area is 209 Å². The van der Waals surface area contributed by atoms with Crippen LogP contribution in [0.4, 0.5) is 14.5 Å². The Bertz CT molecular complexity index is 1260. The summed E-state index contributed by atoms with van der Waals surface area (Å²) < 4.78 is 33.3. The van der Waals surface area contributed by atoms with Crippen LogP contribution in [0.1, 0.15) is 23.6 Å². The molecule has 3 aromatic rings. The number of para-hydroxylation sites is 1. The lowest BCUT2D eigenvalue weighted by Crippen LogP contribution is -2.49. The molecule has 1 fully saturated rings. The number of nitrogens with zero attached hydrogens (tertiary/aromatic N) is 4. The molecular weight excluding hydrogens is 462 g/mol. The van der Waals surface area contributed by atoms with E-state index in [1.54, 1.807) is 25.3 Å². The Morgan fingerprint density at radius 1 is 0.972 bits per heavy atom. The number of rotatable bonds is 6. The fourth-order valence-electron chi connectivity index (χ4n) is 4.79. The fourth-order valence-corrected chi connectivity index (χ4v) is 4.79. The van der Waals surface area contributed by atoms with Crippen LogP contribution >= 0.6 is 0 Å². The number of amides is 1. The van der Waals surface area contributed by atoms with E-state index >= 15 is 0 Å². The molecule has 36 heavy (non-hydrogen) atoms. The molecule has 5 rings (SSSR count). The topological polar surface area (TPSA) is 48.4 Å². The van der Waals surface area contributed by atoms with Crippen molar-refractivity contribution in [3.63, 3.8) is 0 Å². The zero-order valence-electron chi connectivity index (χ0n) is 20.1. The van der Waals surface area contributed by atoms with Crippen LogP contribution in [-0.4, -0.2) is 61.4 Å². The van der Waals surface area contributed by atoms with Crippen LogP contribution in [0.3, 0.4) is 0 Å². The number of piperazine rings is 1. The Balaban J connectivity index is 1.31. The Hall–Kier alpha value is -3.78. The lowest BCUT2D eigenvalue weighted by molar-refractivity contribution is -0.134. The van der Waals surface area contributed by atoms with Gasteiger partial charge in [-0.15, -0.1) is 0 Å². The van der Waals surface area contributed by atoms with E-state index in [0.717, 1.165) is 11.3 Å². The van der Waals surface area contributed by atoms with Gasteiger partial charge in [0.1, 0.15) is 17.4 Å². The third kappa shape index (κ3) is 5.09. The predicted molar refractivity (Wildman–Crippen MR) is 135 cm³/mol. The highest BCUT2D eigenvalue weighted by atomic mass is 19.1. The van der Waals surface area contributed by atoms with Gasteiger partial charge in [-0.05, 0) is 42.0 Å². The van der Waals surface area contributed by atoms with E-state index in [9.17, 15) is 13.6 Å². The molecule has 0 aromatic heterocycles. The summed E-state index contributed by atoms with van der Waals surface area (Å²) in [5.74, 6) is 0.0320. The van der Waals surface area contributed by atoms with Gasteiger partial charge in [-0.25, -0.2) is 13.8 Å². The van der Waals surface area contributed by atoms with Gasteiger partial charge >= 0.3 is 0 Å². The minimum absolute atomic E-state index is 0.124. The first-order chi connectivity index (χ1) is 17.5. The second kappa shape index (κ2) is 10.5. The van der Waals surface area contributed by atoms with Gasteiger partial charge in [-0.1, -0.05) is 36.4 Å². The molecule has 2 aliphatic rings. The van der Waals surface area contributed by atoms with Crippen molar-refractivity contribution in [2.45, 2.75) is 12.5 Å². The molecule has 2 heterocycles. The maximum Gasteiger partial charge on any atom is 0.257 e. The Morgan fingerprint density at radius 3 is 2.42 bits per heavy atom. The van der Waals surface area contributed by atoms with Crippen LogP contribution in [0.2, 0.25) is 0 Å². The van der Waals surface area contributed by atoms with Crippen molar-refractivity contribution in [3.05, 3.63) is 95.6 Å². The normalized spacial score (nSPS) is 18.3. The van der Waals surface area contributed by atoms with Gasteiger partial charge in [-0.2, -0.15) is 5.10 Å². The molecular formula is C28H28F2N4O2. The molecule has 8 heteroatoms. The zero-order valence-corrected chi connectivity index (χ0v) is 20.1. The zero-order chi connectivity index (χ0) is 25.1. The van der Waals surface area contributed by atoms with Crippen molar-refractivity contribution in [1.29, 1.82) is 0 Å². The first-order valence-electron chi connectivity index (χ1n) is 12.0. The lowest BCUT2D eigenvalue weighted by atomic mass is 9.98. The Kier molecular flexibility index (Phi) is 6.95. The smallest absolute Gasteiger partial charge is 0.257 e. The lowest BCUT2D eigenvalue weighted by Gasteiger charge is -2.36. The second-order valence-corrected chi connectivity index (χ2v) is 9.00. The van der Waals surface area contributed by atoms with Crippen LogP contribution in [0.15, 0.2) is 77.9 Å². The van der Waals surface area contributed by atoms with E-state index in [4.69, 9.17) is 4.74 Å². The van der Waals surface area contributed by atoms with E-state index in [1.165, 1.54) is 23.2 Å². The van der Waals surface area contributed by atoms with E-state index in [2.05, 4.69) is 10.0 Å². The van der Waals surface area contributed by atoms with Crippen LogP contribution in [0, 0.1) is 11.6 Å². The third-order valence-corrected chi connectivity index (χ3v) is 6.75. The average molecular weight is 491 g/mol. The molecule has 0 spiro atoms. The monoisotopic (exact) mass is 490 g/mol. The largest absolute Gasteiger partial charge is 0.497 e. The second-order valence-electron chi connectivity index (χ2n) is 9.00. The molecule has 0 aliphatic carbocycles. The number of hydrogen-bond acceptors (Lipinski definition) is 5. The highest BCUT2D eigenvalue weighted by Crippen LogP contribution is 2.34. The van der Waals surface area contributed by atoms with Crippen LogP contribution in [0.5, 0.6) is 5.75 Å². The number of carbonyl (C=O) groups excluding carboxylic acids is 1. The molecule has 6 nitrogen and oxygen atoms in total. The number of benzene rings is 3. The highest BCUT2D eigenvalue weighted by molar-refractivity contribution is 6.03. The van der Waals surface area contributed by atoms with Gasteiger partial charge in [0.15, 0.2) is 0 Å². The summed E-state index contributed by atoms with van der Waals surface area (Å²) in [6, 6.07) is 20.3. The molecule has 0 saturated carbocycles. The van der Waals surface area contributed by atoms with Crippen molar-refractivity contribution in [1.82, 2.24) is 9.91 Å². The van der Waals surface area contributed by atoms with E-state index in [0.29, 0.717) is 49.6 Å². The first kappa shape index (κ1) is 23.9. The fraction of sp³-hybridized carbons (Fsp3) is 0.286. The maximum absolute atomic E-state index is 14.2. The SMILES string of the molecule is COc1ccc([C@H]2CC(c3cccc(F)c3)=NN2C(=O)CN2CCN(c3ccccc3F)CC2)cc1. The summed E-state index contributed by atoms with van der Waals surface area (Å²) in [7, 11) is 1.61. The van der Waals surface area contributed by atoms with Crippen LogP contribution in [0.25, 0.3) is 0 Å². The summed E-state index contributed by atoms with van der Waals surface area (Å²) in [6.07, 6.45) is 0.489. The van der Waals surface area contributed by atoms with Gasteiger partial charge < -0.3 is 9.64 Å². The maximum atomic E-state index is 14.2. The molecule has 3 aromatic carbocycles. The van der Waals surface area contributed by atoms with Crippen LogP contribution < -0.4 is 9.64 Å². The minimum Gasteiger partial charge on any atom is -0.497 e. The molecule has 1 amide bonds. The van der Waals surface area contributed by atoms with Gasteiger partial charge in [0.25, 0.3) is 5.91 Å². The van der Waals surface area contributed by atoms with E-state index in [1.807, 2.05) is 41.3 Å². The molecule has 2 aliphatic heterocycles. The number of carbonyl (C=O) groups is 1. The van der Waals surface area contributed by atoms with Crippen molar-refractivity contribution < 1.29 is 18.3 Å². The Morgan fingerprint density at radius 2 is 1.72 bits per heavy atom. The standard InChI is InChI=1S/C28H28F2N4O2/c1-36-23-11-9-20(10-12-23)27-18-25(21-5-4-6-22(29)17-21)31-34(27)28(35)19-32-13-15-33(16-14-32)26-8-3-2-7-24(26)30/h2-12,17,27H,13-16,18-19H2,1H3/t27-/m1/s1. The predicted octanol–water partition coefficient (Wildman–Crippen LogP) is 4.47. The molecule has 0 unspecified atom stereocenters. The summed E-state index contributed by atoms with van der Waals surface area (Å²) in [5, 5.41) is 6.19.